The highest BCUT2D eigenvalue weighted by atomic mass is 35.5. The van der Waals surface area contributed by atoms with E-state index >= 15 is 0 Å². The Kier molecular flexibility index (Phi) is 4.94. The first-order valence-corrected chi connectivity index (χ1v) is 10.3. The highest BCUT2D eigenvalue weighted by Gasteiger charge is 2.21. The summed E-state index contributed by atoms with van der Waals surface area (Å²) in [6.07, 6.45) is 0.502. The molecule has 5 nitrogen and oxygen atoms in total. The van der Waals surface area contributed by atoms with Crippen LogP contribution >= 0.6 is 46.8 Å². The molecule has 0 bridgehead atoms. The summed E-state index contributed by atoms with van der Waals surface area (Å²) in [5, 5.41) is 3.50. The number of rotatable bonds is 3. The molecule has 1 aliphatic rings. The zero-order valence-corrected chi connectivity index (χ0v) is 16.3. The van der Waals surface area contributed by atoms with Gasteiger partial charge in [0, 0.05) is 17.8 Å². The lowest BCUT2D eigenvalue weighted by molar-refractivity contribution is 0.217. The molecular weight excluding hydrogens is 411 g/mol. The first-order chi connectivity index (χ1) is 11.2. The summed E-state index contributed by atoms with van der Waals surface area (Å²) in [5.41, 5.74) is 2.15. The zero-order valence-electron chi connectivity index (χ0n) is 12.3. The number of nitrogens with one attached hydrogen (secondary N) is 2. The van der Waals surface area contributed by atoms with Crippen LogP contribution in [0.2, 0.25) is 9.36 Å². The quantitative estimate of drug-likeness (QED) is 0.711. The van der Waals surface area contributed by atoms with Crippen molar-refractivity contribution in [2.75, 3.05) is 10.0 Å². The Bertz CT molecular complexity index is 892. The smallest absolute Gasteiger partial charge is 0.271 e. The minimum atomic E-state index is -3.75. The molecule has 2 heterocycles. The molecule has 0 spiro atoms. The molecule has 1 aromatic carbocycles. The second-order valence-corrected chi connectivity index (χ2v) is 9.55. The number of ether oxygens (including phenoxy) is 1. The van der Waals surface area contributed by atoms with E-state index in [9.17, 15) is 8.42 Å². The summed E-state index contributed by atoms with van der Waals surface area (Å²) < 4.78 is 33.2. The highest BCUT2D eigenvalue weighted by Crippen LogP contribution is 2.35. The Labute approximate surface area is 159 Å². The summed E-state index contributed by atoms with van der Waals surface area (Å²) in [6.45, 7) is 1.90. The number of hydrogen-bond donors (Lipinski definition) is 2. The van der Waals surface area contributed by atoms with Crippen molar-refractivity contribution in [3.05, 3.63) is 39.2 Å². The predicted octanol–water partition coefficient (Wildman–Crippen LogP) is 4.51. The molecule has 128 valence electrons. The van der Waals surface area contributed by atoms with Gasteiger partial charge in [-0.05, 0) is 49.0 Å². The summed E-state index contributed by atoms with van der Waals surface area (Å²) in [7, 11) is -3.75. The van der Waals surface area contributed by atoms with Crippen molar-refractivity contribution >= 4 is 73.3 Å². The van der Waals surface area contributed by atoms with Crippen molar-refractivity contribution in [3.63, 3.8) is 0 Å². The summed E-state index contributed by atoms with van der Waals surface area (Å²) >= 11 is 17.7. The molecule has 24 heavy (non-hydrogen) atoms. The molecule has 1 aromatic heterocycles. The van der Waals surface area contributed by atoms with Crippen LogP contribution in [0.5, 0.6) is 0 Å². The Morgan fingerprint density at radius 2 is 2.12 bits per heavy atom. The van der Waals surface area contributed by atoms with Crippen LogP contribution in [0, 0.1) is 0 Å². The highest BCUT2D eigenvalue weighted by molar-refractivity contribution is 7.94. The molecule has 0 radical (unpaired) electrons. The van der Waals surface area contributed by atoms with E-state index < -0.39 is 10.0 Å². The minimum absolute atomic E-state index is 0.0587. The van der Waals surface area contributed by atoms with E-state index in [4.69, 9.17) is 40.2 Å². The molecular formula is C14H12Cl2N2O3S3. The molecule has 0 amide bonds. The van der Waals surface area contributed by atoms with E-state index in [0.29, 0.717) is 17.3 Å². The molecule has 0 fully saturated rings. The topological polar surface area (TPSA) is 67.4 Å². The van der Waals surface area contributed by atoms with Gasteiger partial charge in [-0.15, -0.1) is 11.3 Å². The van der Waals surface area contributed by atoms with Crippen LogP contribution in [-0.2, 0) is 21.2 Å². The number of thiocarbonyl (C=S) groups is 1. The van der Waals surface area contributed by atoms with Crippen LogP contribution < -0.4 is 10.0 Å². The zero-order chi connectivity index (χ0) is 17.5. The fourth-order valence-electron chi connectivity index (χ4n) is 2.29. The van der Waals surface area contributed by atoms with Crippen LogP contribution in [0.15, 0.2) is 28.5 Å². The summed E-state index contributed by atoms with van der Waals surface area (Å²) in [5.74, 6) is 0. The maximum absolute atomic E-state index is 12.4. The third-order valence-electron chi connectivity index (χ3n) is 3.30. The van der Waals surface area contributed by atoms with Crippen LogP contribution in [0.4, 0.5) is 11.4 Å². The van der Waals surface area contributed by atoms with E-state index in [1.807, 2.05) is 6.92 Å². The lowest BCUT2D eigenvalue weighted by Crippen LogP contribution is -2.16. The number of hydrogen-bond acceptors (Lipinski definition) is 5. The third-order valence-corrected chi connectivity index (χ3v) is 7.22. The number of anilines is 2. The van der Waals surface area contributed by atoms with E-state index in [1.54, 1.807) is 18.2 Å². The number of sulfonamides is 1. The predicted molar refractivity (Wildman–Crippen MR) is 102 cm³/mol. The standard InChI is InChI=1S/C14H12Cl2N2O3S3/c1-7-4-8-5-9(2-3-11(8)17-14(22)21-7)18-24(19,20)12-6-10(15)13(16)23-12/h2-3,5-7,18H,4H2,1H3,(H,17,22). The maximum atomic E-state index is 12.4. The summed E-state index contributed by atoms with van der Waals surface area (Å²) in [6, 6.07) is 6.49. The Hall–Kier alpha value is -1.06. The molecule has 1 aliphatic heterocycles. The second kappa shape index (κ2) is 6.68. The fourth-order valence-corrected chi connectivity index (χ4v) is 5.49. The normalized spacial score (nSPS) is 17.5. The molecule has 0 saturated carbocycles. The monoisotopic (exact) mass is 422 g/mol. The molecule has 1 atom stereocenters. The molecule has 3 rings (SSSR count). The van der Waals surface area contributed by atoms with Gasteiger partial charge in [-0.3, -0.25) is 4.72 Å². The molecule has 0 aliphatic carbocycles. The lowest BCUT2D eigenvalue weighted by atomic mass is 10.1. The van der Waals surface area contributed by atoms with Gasteiger partial charge in [-0.2, -0.15) is 0 Å². The van der Waals surface area contributed by atoms with Gasteiger partial charge in [0.1, 0.15) is 14.6 Å². The minimum Gasteiger partial charge on any atom is -0.467 e. The van der Waals surface area contributed by atoms with Crippen LogP contribution in [0.3, 0.4) is 0 Å². The van der Waals surface area contributed by atoms with E-state index in [2.05, 4.69) is 10.0 Å². The molecule has 2 N–H and O–H groups in total. The van der Waals surface area contributed by atoms with E-state index in [0.717, 1.165) is 22.6 Å². The van der Waals surface area contributed by atoms with Gasteiger partial charge in [-0.1, -0.05) is 23.2 Å². The molecule has 2 aromatic rings. The number of thiophene rings is 1. The van der Waals surface area contributed by atoms with Crippen molar-refractivity contribution < 1.29 is 13.2 Å². The van der Waals surface area contributed by atoms with Gasteiger partial charge in [0.2, 0.25) is 0 Å². The number of halogens is 2. The van der Waals surface area contributed by atoms with E-state index in [1.165, 1.54) is 6.07 Å². The Morgan fingerprint density at radius 3 is 2.79 bits per heavy atom. The van der Waals surface area contributed by atoms with Crippen molar-refractivity contribution in [3.8, 4) is 0 Å². The van der Waals surface area contributed by atoms with Gasteiger partial charge in [-0.25, -0.2) is 8.42 Å². The maximum Gasteiger partial charge on any atom is 0.271 e. The van der Waals surface area contributed by atoms with Crippen molar-refractivity contribution in [1.82, 2.24) is 0 Å². The molecule has 10 heteroatoms. The van der Waals surface area contributed by atoms with Gasteiger partial charge in [0.25, 0.3) is 15.2 Å². The van der Waals surface area contributed by atoms with Crippen LogP contribution in [0.1, 0.15) is 12.5 Å². The Balaban J connectivity index is 1.90. The van der Waals surface area contributed by atoms with Crippen LogP contribution in [-0.4, -0.2) is 19.7 Å². The SMILES string of the molecule is CC1Cc2cc(NS(=O)(=O)c3cc(Cl)c(Cl)s3)ccc2NC(=S)O1. The van der Waals surface area contributed by atoms with Gasteiger partial charge >= 0.3 is 0 Å². The first kappa shape index (κ1) is 17.8. The van der Waals surface area contributed by atoms with Gasteiger partial charge in [0.15, 0.2) is 0 Å². The van der Waals surface area contributed by atoms with Gasteiger partial charge < -0.3 is 10.1 Å². The lowest BCUT2D eigenvalue weighted by Gasteiger charge is -2.11. The molecule has 0 saturated heterocycles. The fraction of sp³-hybridized carbons (Fsp3) is 0.214. The largest absolute Gasteiger partial charge is 0.467 e. The van der Waals surface area contributed by atoms with Crippen molar-refractivity contribution in [2.24, 2.45) is 0 Å². The number of benzene rings is 1. The molecule has 1 unspecified atom stereocenters. The van der Waals surface area contributed by atoms with Gasteiger partial charge in [0.05, 0.1) is 5.02 Å². The third kappa shape index (κ3) is 3.78. The van der Waals surface area contributed by atoms with Crippen molar-refractivity contribution in [1.29, 1.82) is 0 Å². The van der Waals surface area contributed by atoms with E-state index in [-0.39, 0.29) is 19.7 Å². The summed E-state index contributed by atoms with van der Waals surface area (Å²) in [4.78, 5) is 0. The Morgan fingerprint density at radius 1 is 1.38 bits per heavy atom. The average molecular weight is 423 g/mol. The van der Waals surface area contributed by atoms with Crippen LogP contribution in [0.25, 0.3) is 0 Å². The number of fused-ring (bicyclic) bond motifs is 1. The second-order valence-electron chi connectivity index (χ2n) is 5.21. The van der Waals surface area contributed by atoms with Crippen molar-refractivity contribution in [2.45, 2.75) is 23.7 Å². The first-order valence-electron chi connectivity index (χ1n) is 6.83. The average Bonchev–Trinajstić information content (AvgIpc) is 2.74.